The summed E-state index contributed by atoms with van der Waals surface area (Å²) in [5, 5.41) is 0. The summed E-state index contributed by atoms with van der Waals surface area (Å²) in [4.78, 5) is 0. The molecule has 0 aliphatic carbocycles. The molecule has 0 aliphatic heterocycles. The second-order valence-electron chi connectivity index (χ2n) is 3.16. The summed E-state index contributed by atoms with van der Waals surface area (Å²) in [5.74, 6) is 0.963. The Bertz CT molecular complexity index is 265. The zero-order valence-electron chi connectivity index (χ0n) is 8.21. The van der Waals surface area contributed by atoms with E-state index in [2.05, 4.69) is 28.7 Å². The van der Waals surface area contributed by atoms with E-state index >= 15 is 0 Å². The predicted octanol–water partition coefficient (Wildman–Crippen LogP) is 2.80. The highest BCUT2D eigenvalue weighted by Gasteiger charge is 1.94. The molecule has 2 N–H and O–H groups in total. The normalized spacial score (nSPS) is 10.1. The topological polar surface area (TPSA) is 35.2 Å². The molecule has 0 aromatic heterocycles. The van der Waals surface area contributed by atoms with E-state index in [0.717, 1.165) is 38.2 Å². The number of benzene rings is 1. The monoisotopic (exact) mass is 305 g/mol. The van der Waals surface area contributed by atoms with E-state index in [1.54, 1.807) is 0 Å². The summed E-state index contributed by atoms with van der Waals surface area (Å²) in [5.41, 5.74) is 5.40. The molecule has 1 rings (SSSR count). The summed E-state index contributed by atoms with van der Waals surface area (Å²) in [6, 6.07) is 8.10. The van der Waals surface area contributed by atoms with E-state index in [-0.39, 0.29) is 0 Å². The molecule has 0 radical (unpaired) electrons. The van der Waals surface area contributed by atoms with Crippen LogP contribution in [0.15, 0.2) is 24.3 Å². The molecule has 3 heteroatoms. The number of halogens is 1. The Labute approximate surface area is 99.0 Å². The minimum absolute atomic E-state index is 0.781. The minimum atomic E-state index is 0.781. The maximum Gasteiger partial charge on any atom is 0.120 e. The second-order valence-corrected chi connectivity index (χ2v) is 4.40. The molecule has 14 heavy (non-hydrogen) atoms. The summed E-state index contributed by atoms with van der Waals surface area (Å²) in [6.07, 6.45) is 3.33. The summed E-state index contributed by atoms with van der Waals surface area (Å²) < 4.78 is 6.80. The van der Waals surface area contributed by atoms with Gasteiger partial charge in [0.05, 0.1) is 6.61 Å². The molecule has 0 fully saturated rings. The molecule has 0 unspecified atom stereocenters. The fourth-order valence-corrected chi connectivity index (χ4v) is 1.68. The molecule has 0 saturated carbocycles. The van der Waals surface area contributed by atoms with Crippen molar-refractivity contribution in [3.8, 4) is 5.75 Å². The van der Waals surface area contributed by atoms with Crippen LogP contribution in [0.4, 0.5) is 0 Å². The highest BCUT2D eigenvalue weighted by atomic mass is 127. The molecule has 0 atom stereocenters. The van der Waals surface area contributed by atoms with Gasteiger partial charge in [0.15, 0.2) is 0 Å². The molecule has 1 aromatic carbocycles. The van der Waals surface area contributed by atoms with Crippen molar-refractivity contribution in [1.29, 1.82) is 0 Å². The minimum Gasteiger partial charge on any atom is -0.494 e. The van der Waals surface area contributed by atoms with Crippen LogP contribution in [-0.4, -0.2) is 13.2 Å². The van der Waals surface area contributed by atoms with E-state index < -0.39 is 0 Å². The van der Waals surface area contributed by atoms with E-state index in [1.165, 1.54) is 3.57 Å². The average molecular weight is 305 g/mol. The number of unbranched alkanes of at least 4 members (excludes halogenated alkanes) is 2. The fraction of sp³-hybridized carbons (Fsp3) is 0.455. The largest absolute Gasteiger partial charge is 0.494 e. The van der Waals surface area contributed by atoms with Gasteiger partial charge in [0.25, 0.3) is 0 Å². The van der Waals surface area contributed by atoms with Crippen LogP contribution in [0.3, 0.4) is 0 Å². The van der Waals surface area contributed by atoms with Crippen LogP contribution < -0.4 is 10.5 Å². The number of rotatable bonds is 6. The van der Waals surface area contributed by atoms with Crippen LogP contribution in [0.25, 0.3) is 0 Å². The van der Waals surface area contributed by atoms with E-state index in [9.17, 15) is 0 Å². The van der Waals surface area contributed by atoms with Gasteiger partial charge in [-0.05, 0) is 66.6 Å². The quantitative estimate of drug-likeness (QED) is 0.648. The first-order chi connectivity index (χ1) is 6.83. The Kier molecular flexibility index (Phi) is 5.94. The number of hydrogen-bond donors (Lipinski definition) is 1. The highest BCUT2D eigenvalue weighted by Crippen LogP contribution is 2.15. The van der Waals surface area contributed by atoms with Gasteiger partial charge in [-0.3, -0.25) is 0 Å². The van der Waals surface area contributed by atoms with Crippen LogP contribution in [0.2, 0.25) is 0 Å². The molecule has 0 heterocycles. The molecule has 1 aromatic rings. The van der Waals surface area contributed by atoms with Gasteiger partial charge in [-0.1, -0.05) is 6.07 Å². The van der Waals surface area contributed by atoms with Crippen molar-refractivity contribution in [3.05, 3.63) is 27.8 Å². The van der Waals surface area contributed by atoms with Crippen molar-refractivity contribution in [2.24, 2.45) is 5.73 Å². The molecule has 0 amide bonds. The third-order valence-electron chi connectivity index (χ3n) is 1.91. The van der Waals surface area contributed by atoms with Crippen molar-refractivity contribution in [2.75, 3.05) is 13.2 Å². The van der Waals surface area contributed by atoms with Crippen LogP contribution in [0.5, 0.6) is 5.75 Å². The lowest BCUT2D eigenvalue weighted by Crippen LogP contribution is -2.01. The zero-order valence-corrected chi connectivity index (χ0v) is 10.4. The molecular weight excluding hydrogens is 289 g/mol. The maximum absolute atomic E-state index is 5.59. The fourth-order valence-electron chi connectivity index (χ4n) is 1.17. The zero-order chi connectivity index (χ0) is 10.2. The molecule has 78 valence electrons. The van der Waals surface area contributed by atoms with Gasteiger partial charge in [-0.25, -0.2) is 0 Å². The summed E-state index contributed by atoms with van der Waals surface area (Å²) >= 11 is 2.28. The lowest BCUT2D eigenvalue weighted by molar-refractivity contribution is 0.305. The molecule has 0 bridgehead atoms. The van der Waals surface area contributed by atoms with Crippen LogP contribution in [0.1, 0.15) is 19.3 Å². The Morgan fingerprint density at radius 1 is 1.21 bits per heavy atom. The third kappa shape index (κ3) is 4.81. The van der Waals surface area contributed by atoms with Crippen molar-refractivity contribution in [2.45, 2.75) is 19.3 Å². The second kappa shape index (κ2) is 7.06. The molecule has 0 aliphatic rings. The maximum atomic E-state index is 5.59. The van der Waals surface area contributed by atoms with Crippen LogP contribution >= 0.6 is 22.6 Å². The van der Waals surface area contributed by atoms with Gasteiger partial charge in [-0.15, -0.1) is 0 Å². The van der Waals surface area contributed by atoms with Gasteiger partial charge in [0.2, 0.25) is 0 Å². The van der Waals surface area contributed by atoms with E-state index in [1.807, 2.05) is 18.2 Å². The lowest BCUT2D eigenvalue weighted by atomic mass is 10.2. The van der Waals surface area contributed by atoms with E-state index in [4.69, 9.17) is 10.5 Å². The number of nitrogens with two attached hydrogens (primary N) is 1. The first kappa shape index (κ1) is 11.8. The van der Waals surface area contributed by atoms with Crippen molar-refractivity contribution >= 4 is 22.6 Å². The van der Waals surface area contributed by atoms with Crippen LogP contribution in [0, 0.1) is 3.57 Å². The smallest absolute Gasteiger partial charge is 0.120 e. The molecule has 0 spiro atoms. The Morgan fingerprint density at radius 2 is 2.07 bits per heavy atom. The van der Waals surface area contributed by atoms with Gasteiger partial charge in [0, 0.05) is 3.57 Å². The molecular formula is C11H16INO. The third-order valence-corrected chi connectivity index (χ3v) is 2.58. The van der Waals surface area contributed by atoms with E-state index in [0.29, 0.717) is 0 Å². The Hall–Kier alpha value is -0.290. The van der Waals surface area contributed by atoms with Crippen molar-refractivity contribution in [3.63, 3.8) is 0 Å². The SMILES string of the molecule is NCCCCCOc1cccc(I)c1. The lowest BCUT2D eigenvalue weighted by Gasteiger charge is -2.05. The first-order valence-electron chi connectivity index (χ1n) is 4.91. The average Bonchev–Trinajstić information content (AvgIpc) is 2.18. The first-order valence-corrected chi connectivity index (χ1v) is 5.99. The number of hydrogen-bond acceptors (Lipinski definition) is 2. The standard InChI is InChI=1S/C11H16INO/c12-10-5-4-6-11(9-10)14-8-3-1-2-7-13/h4-6,9H,1-3,7-8,13H2. The molecule has 2 nitrogen and oxygen atoms in total. The predicted molar refractivity (Wildman–Crippen MR) is 67.6 cm³/mol. The van der Waals surface area contributed by atoms with Crippen molar-refractivity contribution < 1.29 is 4.74 Å². The summed E-state index contributed by atoms with van der Waals surface area (Å²) in [7, 11) is 0. The number of ether oxygens (including phenoxy) is 1. The van der Waals surface area contributed by atoms with Gasteiger partial charge < -0.3 is 10.5 Å². The summed E-state index contributed by atoms with van der Waals surface area (Å²) in [6.45, 7) is 1.57. The highest BCUT2D eigenvalue weighted by molar-refractivity contribution is 14.1. The van der Waals surface area contributed by atoms with Gasteiger partial charge in [0.1, 0.15) is 5.75 Å². The van der Waals surface area contributed by atoms with Gasteiger partial charge >= 0.3 is 0 Å². The molecule has 0 saturated heterocycles. The van der Waals surface area contributed by atoms with Crippen LogP contribution in [-0.2, 0) is 0 Å². The Morgan fingerprint density at radius 3 is 2.79 bits per heavy atom. The van der Waals surface area contributed by atoms with Gasteiger partial charge in [-0.2, -0.15) is 0 Å². The Balaban J connectivity index is 2.18. The van der Waals surface area contributed by atoms with Crippen molar-refractivity contribution in [1.82, 2.24) is 0 Å².